The van der Waals surface area contributed by atoms with Gasteiger partial charge in [-0.15, -0.1) is 0 Å². The fourth-order valence-corrected chi connectivity index (χ4v) is 4.83. The number of sulfonamides is 1. The van der Waals surface area contributed by atoms with E-state index in [4.69, 9.17) is 18.0 Å². The first-order valence-corrected chi connectivity index (χ1v) is 8.58. The van der Waals surface area contributed by atoms with E-state index in [1.807, 2.05) is 13.8 Å². The lowest BCUT2D eigenvalue weighted by Gasteiger charge is -2.37. The second-order valence-electron chi connectivity index (χ2n) is 6.08. The van der Waals surface area contributed by atoms with E-state index in [0.29, 0.717) is 13.1 Å². The molecule has 4 nitrogen and oxygen atoms in total. The van der Waals surface area contributed by atoms with Crippen LogP contribution in [0, 0.1) is 11.2 Å². The average Bonchev–Trinajstić information content (AvgIpc) is 2.36. The van der Waals surface area contributed by atoms with Crippen LogP contribution < -0.4 is 5.73 Å². The van der Waals surface area contributed by atoms with E-state index in [-0.39, 0.29) is 20.9 Å². The molecule has 1 heterocycles. The first-order chi connectivity index (χ1) is 9.65. The van der Waals surface area contributed by atoms with Gasteiger partial charge in [0.25, 0.3) is 0 Å². The van der Waals surface area contributed by atoms with Gasteiger partial charge in [-0.3, -0.25) is 0 Å². The summed E-state index contributed by atoms with van der Waals surface area (Å²) in [6.45, 7) is 4.88. The van der Waals surface area contributed by atoms with Gasteiger partial charge in [0.1, 0.15) is 10.8 Å². The third kappa shape index (κ3) is 3.25. The van der Waals surface area contributed by atoms with Gasteiger partial charge in [-0.05, 0) is 30.4 Å². The molecule has 0 radical (unpaired) electrons. The van der Waals surface area contributed by atoms with E-state index >= 15 is 0 Å². The van der Waals surface area contributed by atoms with Gasteiger partial charge in [0.05, 0.1) is 10.5 Å². The highest BCUT2D eigenvalue weighted by molar-refractivity contribution is 7.89. The minimum absolute atomic E-state index is 0.0952. The Labute approximate surface area is 130 Å². The molecule has 0 atom stereocenters. The molecule has 1 aliphatic heterocycles. The lowest BCUT2D eigenvalue weighted by atomic mass is 9.85. The van der Waals surface area contributed by atoms with E-state index < -0.39 is 15.8 Å². The van der Waals surface area contributed by atoms with Gasteiger partial charge in [0.2, 0.25) is 10.0 Å². The molecule has 1 saturated heterocycles. The lowest BCUT2D eigenvalue weighted by Crippen LogP contribution is -2.44. The van der Waals surface area contributed by atoms with Crippen LogP contribution in [0.15, 0.2) is 23.1 Å². The number of halogens is 1. The first-order valence-electron chi connectivity index (χ1n) is 6.74. The highest BCUT2D eigenvalue weighted by Gasteiger charge is 2.35. The summed E-state index contributed by atoms with van der Waals surface area (Å²) in [5.74, 6) is -0.708. The molecule has 0 bridgehead atoms. The van der Waals surface area contributed by atoms with Crippen molar-refractivity contribution in [1.82, 2.24) is 4.31 Å². The molecular formula is C14H19FN2O2S2. The summed E-state index contributed by atoms with van der Waals surface area (Å²) in [6.07, 6.45) is 1.74. The van der Waals surface area contributed by atoms with Crippen molar-refractivity contribution in [3.05, 3.63) is 29.6 Å². The fraction of sp³-hybridized carbons (Fsp3) is 0.500. The molecule has 1 fully saturated rings. The largest absolute Gasteiger partial charge is 0.389 e. The summed E-state index contributed by atoms with van der Waals surface area (Å²) >= 11 is 4.81. The molecule has 0 aliphatic carbocycles. The second kappa shape index (κ2) is 5.62. The summed E-state index contributed by atoms with van der Waals surface area (Å²) in [7, 11) is -3.81. The number of hydrogen-bond acceptors (Lipinski definition) is 3. The Morgan fingerprint density at radius 2 is 2.10 bits per heavy atom. The summed E-state index contributed by atoms with van der Waals surface area (Å²) in [4.78, 5) is -0.393. The number of hydrogen-bond donors (Lipinski definition) is 1. The Balaban J connectivity index is 2.50. The maximum Gasteiger partial charge on any atom is 0.243 e. The molecule has 0 amide bonds. The smallest absolute Gasteiger partial charge is 0.243 e. The van der Waals surface area contributed by atoms with Gasteiger partial charge in [-0.1, -0.05) is 32.1 Å². The van der Waals surface area contributed by atoms with Crippen LogP contribution in [0.25, 0.3) is 0 Å². The van der Waals surface area contributed by atoms with Crippen LogP contribution in [0.3, 0.4) is 0 Å². The van der Waals surface area contributed by atoms with Crippen LogP contribution in [0.4, 0.5) is 4.39 Å². The maximum absolute atomic E-state index is 13.9. The van der Waals surface area contributed by atoms with Crippen LogP contribution in [-0.2, 0) is 10.0 Å². The average molecular weight is 330 g/mol. The maximum atomic E-state index is 13.9. The molecule has 0 spiro atoms. The molecule has 21 heavy (non-hydrogen) atoms. The Morgan fingerprint density at radius 1 is 1.43 bits per heavy atom. The Bertz CT molecular complexity index is 672. The molecule has 116 valence electrons. The number of rotatable bonds is 3. The molecule has 2 N–H and O–H groups in total. The zero-order valence-electron chi connectivity index (χ0n) is 12.1. The van der Waals surface area contributed by atoms with Crippen molar-refractivity contribution >= 4 is 27.2 Å². The highest BCUT2D eigenvalue weighted by atomic mass is 32.2. The van der Waals surface area contributed by atoms with E-state index in [2.05, 4.69) is 0 Å². The Kier molecular flexibility index (Phi) is 4.37. The molecule has 1 aliphatic rings. The van der Waals surface area contributed by atoms with Crippen LogP contribution in [0.1, 0.15) is 32.3 Å². The lowest BCUT2D eigenvalue weighted by molar-refractivity contribution is 0.187. The number of piperidine rings is 1. The quantitative estimate of drug-likeness (QED) is 0.864. The minimum atomic E-state index is -3.81. The van der Waals surface area contributed by atoms with E-state index in [1.54, 1.807) is 0 Å². The zero-order chi connectivity index (χ0) is 15.8. The van der Waals surface area contributed by atoms with Crippen molar-refractivity contribution in [2.24, 2.45) is 11.1 Å². The van der Waals surface area contributed by atoms with Crippen LogP contribution in [0.5, 0.6) is 0 Å². The van der Waals surface area contributed by atoms with Crippen LogP contribution in [0.2, 0.25) is 0 Å². The van der Waals surface area contributed by atoms with E-state index in [1.165, 1.54) is 16.4 Å². The molecule has 0 unspecified atom stereocenters. The van der Waals surface area contributed by atoms with Gasteiger partial charge >= 0.3 is 0 Å². The van der Waals surface area contributed by atoms with Gasteiger partial charge in [-0.25, -0.2) is 12.8 Å². The van der Waals surface area contributed by atoms with Crippen molar-refractivity contribution in [1.29, 1.82) is 0 Å². The first kappa shape index (κ1) is 16.3. The number of thiocarbonyl (C=S) groups is 1. The van der Waals surface area contributed by atoms with Crippen molar-refractivity contribution in [3.63, 3.8) is 0 Å². The van der Waals surface area contributed by atoms with Crippen molar-refractivity contribution < 1.29 is 12.8 Å². The molecule has 1 aromatic rings. The standard InChI is InChI=1S/C14H19FN2O2S2/c1-14(2)7-4-8-17(9-14)21(18,19)11-6-3-5-10(15)12(11)13(16)20/h3,5-6H,4,7-9H2,1-2H3,(H2,16,20). The van der Waals surface area contributed by atoms with E-state index in [0.717, 1.165) is 18.9 Å². The van der Waals surface area contributed by atoms with E-state index in [9.17, 15) is 12.8 Å². The van der Waals surface area contributed by atoms with Crippen LogP contribution in [-0.4, -0.2) is 30.8 Å². The summed E-state index contributed by atoms with van der Waals surface area (Å²) in [6, 6.07) is 3.88. The third-order valence-electron chi connectivity index (χ3n) is 3.71. The van der Waals surface area contributed by atoms with Crippen molar-refractivity contribution in [3.8, 4) is 0 Å². The summed E-state index contributed by atoms with van der Waals surface area (Å²) in [5, 5.41) is 0. The van der Waals surface area contributed by atoms with Crippen molar-refractivity contribution in [2.75, 3.05) is 13.1 Å². The molecule has 7 heteroatoms. The Morgan fingerprint density at radius 3 is 2.67 bits per heavy atom. The zero-order valence-corrected chi connectivity index (χ0v) is 13.7. The predicted octanol–water partition coefficient (Wildman–Crippen LogP) is 2.27. The molecule has 1 aromatic carbocycles. The highest BCUT2D eigenvalue weighted by Crippen LogP contribution is 2.33. The van der Waals surface area contributed by atoms with Gasteiger partial charge in [0.15, 0.2) is 0 Å². The fourth-order valence-electron chi connectivity index (χ4n) is 2.67. The number of nitrogens with two attached hydrogens (primary N) is 1. The molecule has 2 rings (SSSR count). The number of benzene rings is 1. The Hall–Kier alpha value is -1.05. The normalized spacial score (nSPS) is 19.4. The molecule has 0 aromatic heterocycles. The molecule has 0 saturated carbocycles. The summed E-state index contributed by atoms with van der Waals surface area (Å²) in [5.41, 5.74) is 5.21. The third-order valence-corrected chi connectivity index (χ3v) is 5.80. The van der Waals surface area contributed by atoms with Gasteiger partial charge in [-0.2, -0.15) is 4.31 Å². The van der Waals surface area contributed by atoms with Crippen molar-refractivity contribution in [2.45, 2.75) is 31.6 Å². The monoisotopic (exact) mass is 330 g/mol. The predicted molar refractivity (Wildman–Crippen MR) is 84.1 cm³/mol. The van der Waals surface area contributed by atoms with Gasteiger partial charge < -0.3 is 5.73 Å². The second-order valence-corrected chi connectivity index (χ2v) is 8.43. The number of nitrogens with zero attached hydrogens (tertiary/aromatic N) is 1. The van der Waals surface area contributed by atoms with Crippen LogP contribution >= 0.6 is 12.2 Å². The topological polar surface area (TPSA) is 63.4 Å². The molecular weight excluding hydrogens is 311 g/mol. The SMILES string of the molecule is CC1(C)CCCN(S(=O)(=O)c2cccc(F)c2C(N)=S)C1. The summed E-state index contributed by atoms with van der Waals surface area (Å²) < 4.78 is 40.9. The minimum Gasteiger partial charge on any atom is -0.389 e. The van der Waals surface area contributed by atoms with Gasteiger partial charge in [0, 0.05) is 13.1 Å².